The second-order valence-corrected chi connectivity index (χ2v) is 6.73. The molecule has 150 valence electrons. The number of methoxy groups -OCH3 is 2. The Labute approximate surface area is 170 Å². The van der Waals surface area contributed by atoms with Crippen molar-refractivity contribution in [1.82, 2.24) is 10.2 Å². The van der Waals surface area contributed by atoms with Gasteiger partial charge in [0.1, 0.15) is 0 Å². The van der Waals surface area contributed by atoms with Gasteiger partial charge in [-0.2, -0.15) is 0 Å². The first kappa shape index (κ1) is 20.1. The second kappa shape index (κ2) is 9.05. The number of anilines is 3. The Morgan fingerprint density at radius 1 is 0.862 bits per heavy atom. The predicted octanol–water partition coefficient (Wildman–Crippen LogP) is 4.61. The third-order valence-electron chi connectivity index (χ3n) is 4.40. The maximum absolute atomic E-state index is 12.5. The van der Waals surface area contributed by atoms with Crippen molar-refractivity contribution in [2.24, 2.45) is 0 Å². The molecule has 29 heavy (non-hydrogen) atoms. The fraction of sp³-hybridized carbons (Fsp3) is 0.227. The summed E-state index contributed by atoms with van der Waals surface area (Å²) in [6.07, 6.45) is 0. The zero-order valence-electron chi connectivity index (χ0n) is 16.9. The van der Waals surface area contributed by atoms with Crippen molar-refractivity contribution >= 4 is 23.2 Å². The summed E-state index contributed by atoms with van der Waals surface area (Å²) < 4.78 is 10.4. The van der Waals surface area contributed by atoms with Gasteiger partial charge in [-0.1, -0.05) is 26.0 Å². The topological polar surface area (TPSA) is 85.4 Å². The van der Waals surface area contributed by atoms with Crippen LogP contribution in [0.2, 0.25) is 0 Å². The molecule has 0 atom stereocenters. The Hall–Kier alpha value is -3.61. The molecule has 0 aliphatic carbocycles. The quantitative estimate of drug-likeness (QED) is 0.611. The molecule has 7 heteroatoms. The van der Waals surface area contributed by atoms with Gasteiger partial charge in [0, 0.05) is 11.3 Å². The lowest BCUT2D eigenvalue weighted by atomic mass is 10.0. The molecule has 1 amide bonds. The van der Waals surface area contributed by atoms with Crippen LogP contribution >= 0.6 is 0 Å². The van der Waals surface area contributed by atoms with Gasteiger partial charge in [-0.05, 0) is 53.9 Å². The minimum absolute atomic E-state index is 0.315. The Morgan fingerprint density at radius 2 is 1.52 bits per heavy atom. The molecule has 0 unspecified atom stereocenters. The number of hydrogen-bond acceptors (Lipinski definition) is 6. The standard InChI is InChI=1S/C22H24N4O3/c1-14(2)15-5-8-17(9-6-15)23-20-11-12-21(26-25-20)24-22(27)16-7-10-18(28-3)19(13-16)29-4/h5-14H,1-4H3,(H,23,25)(H,24,26,27). The number of aromatic nitrogens is 2. The third kappa shape index (κ3) is 5.01. The average molecular weight is 392 g/mol. The molecule has 1 aromatic heterocycles. The average Bonchev–Trinajstić information content (AvgIpc) is 2.75. The normalized spacial score (nSPS) is 10.5. The van der Waals surface area contributed by atoms with Crippen LogP contribution in [0.4, 0.5) is 17.3 Å². The number of carbonyl (C=O) groups excluding carboxylic acids is 1. The molecule has 2 aromatic carbocycles. The molecule has 3 rings (SSSR count). The summed E-state index contributed by atoms with van der Waals surface area (Å²) in [7, 11) is 3.06. The number of carbonyl (C=O) groups is 1. The summed E-state index contributed by atoms with van der Waals surface area (Å²) in [5.74, 6) is 2.15. The molecule has 0 saturated carbocycles. The number of nitrogens with zero attached hydrogens (tertiary/aromatic N) is 2. The maximum Gasteiger partial charge on any atom is 0.257 e. The highest BCUT2D eigenvalue weighted by Crippen LogP contribution is 2.28. The number of amides is 1. The monoisotopic (exact) mass is 392 g/mol. The molecular weight excluding hydrogens is 368 g/mol. The summed E-state index contributed by atoms with van der Waals surface area (Å²) in [4.78, 5) is 12.5. The molecule has 0 fully saturated rings. The van der Waals surface area contributed by atoms with Gasteiger partial charge in [0.25, 0.3) is 5.91 Å². The van der Waals surface area contributed by atoms with Gasteiger partial charge >= 0.3 is 0 Å². The Balaban J connectivity index is 1.65. The van der Waals surface area contributed by atoms with E-state index in [1.807, 2.05) is 12.1 Å². The summed E-state index contributed by atoms with van der Waals surface area (Å²) in [6, 6.07) is 16.6. The van der Waals surface area contributed by atoms with Crippen molar-refractivity contribution in [2.45, 2.75) is 19.8 Å². The molecule has 2 N–H and O–H groups in total. The molecular formula is C22H24N4O3. The fourth-order valence-electron chi connectivity index (χ4n) is 2.73. The van der Waals surface area contributed by atoms with Crippen LogP contribution in [0.25, 0.3) is 0 Å². The Kier molecular flexibility index (Phi) is 6.29. The first-order valence-electron chi connectivity index (χ1n) is 9.24. The highest BCUT2D eigenvalue weighted by atomic mass is 16.5. The molecule has 1 heterocycles. The third-order valence-corrected chi connectivity index (χ3v) is 4.40. The molecule has 3 aromatic rings. The summed E-state index contributed by atoms with van der Waals surface area (Å²) in [6.45, 7) is 4.31. The van der Waals surface area contributed by atoms with E-state index in [9.17, 15) is 4.79 Å². The fourth-order valence-corrected chi connectivity index (χ4v) is 2.73. The zero-order chi connectivity index (χ0) is 20.8. The molecule has 7 nitrogen and oxygen atoms in total. The van der Waals surface area contributed by atoms with Crippen LogP contribution in [-0.2, 0) is 0 Å². The predicted molar refractivity (Wildman–Crippen MR) is 113 cm³/mol. The first-order valence-corrected chi connectivity index (χ1v) is 9.24. The van der Waals surface area contributed by atoms with Crippen molar-refractivity contribution in [3.05, 3.63) is 65.7 Å². The second-order valence-electron chi connectivity index (χ2n) is 6.73. The van der Waals surface area contributed by atoms with Gasteiger partial charge in [-0.3, -0.25) is 4.79 Å². The van der Waals surface area contributed by atoms with Crippen LogP contribution in [0.3, 0.4) is 0 Å². The summed E-state index contributed by atoms with van der Waals surface area (Å²) >= 11 is 0. The minimum atomic E-state index is -0.315. The van der Waals surface area contributed by atoms with E-state index < -0.39 is 0 Å². The van der Waals surface area contributed by atoms with Gasteiger partial charge in [0.05, 0.1) is 14.2 Å². The van der Waals surface area contributed by atoms with Crippen LogP contribution in [-0.4, -0.2) is 30.3 Å². The van der Waals surface area contributed by atoms with Gasteiger partial charge in [0.2, 0.25) is 0 Å². The Morgan fingerprint density at radius 3 is 2.10 bits per heavy atom. The van der Waals surface area contributed by atoms with Crippen molar-refractivity contribution < 1.29 is 14.3 Å². The number of ether oxygens (including phenoxy) is 2. The van der Waals surface area contributed by atoms with E-state index in [2.05, 4.69) is 46.8 Å². The van der Waals surface area contributed by atoms with Gasteiger partial charge in [0.15, 0.2) is 23.1 Å². The minimum Gasteiger partial charge on any atom is -0.493 e. The highest BCUT2D eigenvalue weighted by Gasteiger charge is 2.12. The van der Waals surface area contributed by atoms with E-state index in [4.69, 9.17) is 9.47 Å². The van der Waals surface area contributed by atoms with Crippen LogP contribution < -0.4 is 20.1 Å². The number of hydrogen-bond donors (Lipinski definition) is 2. The van der Waals surface area contributed by atoms with E-state index in [0.29, 0.717) is 34.6 Å². The van der Waals surface area contributed by atoms with Crippen LogP contribution in [0.15, 0.2) is 54.6 Å². The first-order chi connectivity index (χ1) is 14.0. The lowest BCUT2D eigenvalue weighted by molar-refractivity contribution is 0.102. The molecule has 0 bridgehead atoms. The van der Waals surface area contributed by atoms with Crippen LogP contribution in [0, 0.1) is 0 Å². The Bertz CT molecular complexity index is 970. The highest BCUT2D eigenvalue weighted by molar-refractivity contribution is 6.04. The maximum atomic E-state index is 12.5. The number of benzene rings is 2. The van der Waals surface area contributed by atoms with Crippen molar-refractivity contribution in [3.63, 3.8) is 0 Å². The van der Waals surface area contributed by atoms with E-state index >= 15 is 0 Å². The molecule has 0 saturated heterocycles. The van der Waals surface area contributed by atoms with Crippen molar-refractivity contribution in [2.75, 3.05) is 24.9 Å². The lowest BCUT2D eigenvalue weighted by Crippen LogP contribution is -2.13. The van der Waals surface area contributed by atoms with E-state index in [1.165, 1.54) is 12.7 Å². The van der Waals surface area contributed by atoms with Gasteiger partial charge in [-0.25, -0.2) is 0 Å². The van der Waals surface area contributed by atoms with Gasteiger partial charge in [-0.15, -0.1) is 10.2 Å². The molecule has 0 aliphatic heterocycles. The van der Waals surface area contributed by atoms with Crippen LogP contribution in [0.5, 0.6) is 11.5 Å². The van der Waals surface area contributed by atoms with Gasteiger partial charge < -0.3 is 20.1 Å². The van der Waals surface area contributed by atoms with Crippen molar-refractivity contribution in [3.8, 4) is 11.5 Å². The number of nitrogens with one attached hydrogen (secondary N) is 2. The summed E-state index contributed by atoms with van der Waals surface area (Å²) in [5.41, 5.74) is 2.62. The van der Waals surface area contributed by atoms with Crippen LogP contribution in [0.1, 0.15) is 35.7 Å². The summed E-state index contributed by atoms with van der Waals surface area (Å²) in [5, 5.41) is 14.1. The van der Waals surface area contributed by atoms with Crippen molar-refractivity contribution in [1.29, 1.82) is 0 Å². The number of rotatable bonds is 7. The molecule has 0 spiro atoms. The molecule has 0 radical (unpaired) electrons. The smallest absolute Gasteiger partial charge is 0.257 e. The van der Waals surface area contributed by atoms with E-state index in [-0.39, 0.29) is 5.91 Å². The van der Waals surface area contributed by atoms with E-state index in [1.54, 1.807) is 37.4 Å². The largest absolute Gasteiger partial charge is 0.493 e. The lowest BCUT2D eigenvalue weighted by Gasteiger charge is -2.10. The zero-order valence-corrected chi connectivity index (χ0v) is 16.9. The molecule has 0 aliphatic rings. The SMILES string of the molecule is COc1ccc(C(=O)Nc2ccc(Nc3ccc(C(C)C)cc3)nn2)cc1OC. The van der Waals surface area contributed by atoms with E-state index in [0.717, 1.165) is 5.69 Å².